The predicted molar refractivity (Wildman–Crippen MR) is 65.2 cm³/mol. The van der Waals surface area contributed by atoms with Crippen LogP contribution in [0.1, 0.15) is 30.9 Å². The standard InChI is InChI=1S/C13H16ClNO/c1-13(6-2-7-15-13)12-9-5-8-16-11(9)4-3-10(12)14/h3-4,15H,2,5-8H2,1H3. The summed E-state index contributed by atoms with van der Waals surface area (Å²) in [6.07, 6.45) is 3.36. The first kappa shape index (κ1) is 10.4. The third kappa shape index (κ3) is 1.44. The molecule has 16 heavy (non-hydrogen) atoms. The maximum absolute atomic E-state index is 6.38. The molecule has 3 heteroatoms. The molecule has 2 nitrogen and oxygen atoms in total. The third-order valence-corrected chi connectivity index (χ3v) is 4.06. The molecule has 0 bridgehead atoms. The fourth-order valence-electron chi connectivity index (χ4n) is 2.95. The Morgan fingerprint density at radius 3 is 3.06 bits per heavy atom. The quantitative estimate of drug-likeness (QED) is 0.811. The molecule has 1 saturated heterocycles. The Labute approximate surface area is 101 Å². The average molecular weight is 238 g/mol. The maximum atomic E-state index is 6.38. The highest BCUT2D eigenvalue weighted by molar-refractivity contribution is 6.31. The molecule has 2 heterocycles. The molecule has 1 unspecified atom stereocenters. The molecule has 0 aromatic heterocycles. The fourth-order valence-corrected chi connectivity index (χ4v) is 3.34. The van der Waals surface area contributed by atoms with Gasteiger partial charge < -0.3 is 10.1 Å². The SMILES string of the molecule is CC1(c2c(Cl)ccc3c2CCO3)CCCN1. The Bertz CT molecular complexity index is 424. The van der Waals surface area contributed by atoms with Gasteiger partial charge in [0, 0.05) is 22.5 Å². The zero-order valence-electron chi connectivity index (χ0n) is 9.48. The van der Waals surface area contributed by atoms with Crippen LogP contribution in [0.4, 0.5) is 0 Å². The van der Waals surface area contributed by atoms with Crippen molar-refractivity contribution in [2.75, 3.05) is 13.2 Å². The normalized spacial score (nSPS) is 27.9. The molecule has 1 atom stereocenters. The van der Waals surface area contributed by atoms with Crippen molar-refractivity contribution >= 4 is 11.6 Å². The molecule has 0 saturated carbocycles. The van der Waals surface area contributed by atoms with E-state index in [0.29, 0.717) is 0 Å². The molecular formula is C13H16ClNO. The van der Waals surface area contributed by atoms with Crippen LogP contribution in [0.5, 0.6) is 5.75 Å². The summed E-state index contributed by atoms with van der Waals surface area (Å²) in [5.74, 6) is 1.02. The lowest BCUT2D eigenvalue weighted by Gasteiger charge is -2.28. The van der Waals surface area contributed by atoms with Crippen molar-refractivity contribution in [2.45, 2.75) is 31.7 Å². The summed E-state index contributed by atoms with van der Waals surface area (Å²) in [6.45, 7) is 4.12. The number of halogens is 1. The molecule has 1 aromatic rings. The van der Waals surface area contributed by atoms with Gasteiger partial charge in [-0.25, -0.2) is 0 Å². The second kappa shape index (κ2) is 3.64. The number of fused-ring (bicyclic) bond motifs is 1. The summed E-state index contributed by atoms with van der Waals surface area (Å²) in [7, 11) is 0. The first-order valence-electron chi connectivity index (χ1n) is 5.90. The van der Waals surface area contributed by atoms with Crippen LogP contribution >= 0.6 is 11.6 Å². The monoisotopic (exact) mass is 237 g/mol. The summed E-state index contributed by atoms with van der Waals surface area (Å²) in [6, 6.07) is 3.96. The van der Waals surface area contributed by atoms with Gasteiger partial charge in [0.2, 0.25) is 0 Å². The number of hydrogen-bond acceptors (Lipinski definition) is 2. The molecule has 0 aliphatic carbocycles. The first-order valence-corrected chi connectivity index (χ1v) is 6.28. The van der Waals surface area contributed by atoms with Crippen molar-refractivity contribution in [1.82, 2.24) is 5.32 Å². The molecule has 0 amide bonds. The molecule has 2 aliphatic rings. The van der Waals surface area contributed by atoms with E-state index in [4.69, 9.17) is 16.3 Å². The molecule has 1 fully saturated rings. The van der Waals surface area contributed by atoms with Crippen LogP contribution in [0.25, 0.3) is 0 Å². The zero-order valence-corrected chi connectivity index (χ0v) is 10.2. The molecule has 0 radical (unpaired) electrons. The van der Waals surface area contributed by atoms with E-state index in [1.807, 2.05) is 12.1 Å². The van der Waals surface area contributed by atoms with E-state index in [0.717, 1.165) is 36.8 Å². The topological polar surface area (TPSA) is 21.3 Å². The van der Waals surface area contributed by atoms with Gasteiger partial charge in [0.25, 0.3) is 0 Å². The van der Waals surface area contributed by atoms with Crippen molar-refractivity contribution in [2.24, 2.45) is 0 Å². The summed E-state index contributed by atoms with van der Waals surface area (Å²) >= 11 is 6.38. The van der Waals surface area contributed by atoms with E-state index in [1.54, 1.807) is 0 Å². The number of benzene rings is 1. The van der Waals surface area contributed by atoms with E-state index >= 15 is 0 Å². The van der Waals surface area contributed by atoms with Gasteiger partial charge in [-0.3, -0.25) is 0 Å². The number of hydrogen-bond donors (Lipinski definition) is 1. The highest BCUT2D eigenvalue weighted by Gasteiger charge is 2.35. The number of rotatable bonds is 1. The molecule has 2 aliphatic heterocycles. The Kier molecular flexibility index (Phi) is 2.37. The molecule has 1 N–H and O–H groups in total. The third-order valence-electron chi connectivity index (χ3n) is 3.75. The van der Waals surface area contributed by atoms with Gasteiger partial charge in [-0.1, -0.05) is 11.6 Å². The highest BCUT2D eigenvalue weighted by Crippen LogP contribution is 2.42. The Morgan fingerprint density at radius 1 is 1.44 bits per heavy atom. The molecule has 1 aromatic carbocycles. The average Bonchev–Trinajstić information content (AvgIpc) is 2.86. The van der Waals surface area contributed by atoms with Gasteiger partial charge in [-0.05, 0) is 44.0 Å². The van der Waals surface area contributed by atoms with E-state index < -0.39 is 0 Å². The van der Waals surface area contributed by atoms with Gasteiger partial charge in [0.05, 0.1) is 6.61 Å². The summed E-state index contributed by atoms with van der Waals surface area (Å²) < 4.78 is 5.61. The zero-order chi connectivity index (χ0) is 11.2. The Balaban J connectivity index is 2.15. The van der Waals surface area contributed by atoms with E-state index in [-0.39, 0.29) is 5.54 Å². The van der Waals surface area contributed by atoms with Crippen LogP contribution in [0.2, 0.25) is 5.02 Å². The Hall–Kier alpha value is -0.730. The van der Waals surface area contributed by atoms with Crippen molar-refractivity contribution < 1.29 is 4.74 Å². The van der Waals surface area contributed by atoms with E-state index in [1.165, 1.54) is 17.5 Å². The number of nitrogens with one attached hydrogen (secondary N) is 1. The van der Waals surface area contributed by atoms with Crippen LogP contribution < -0.4 is 10.1 Å². The van der Waals surface area contributed by atoms with Crippen LogP contribution in [0.15, 0.2) is 12.1 Å². The summed E-state index contributed by atoms with van der Waals surface area (Å²) in [4.78, 5) is 0. The van der Waals surface area contributed by atoms with Gasteiger partial charge >= 0.3 is 0 Å². The minimum Gasteiger partial charge on any atom is -0.493 e. The van der Waals surface area contributed by atoms with Crippen molar-refractivity contribution in [3.63, 3.8) is 0 Å². The minimum atomic E-state index is 0.0378. The lowest BCUT2D eigenvalue weighted by atomic mass is 9.86. The maximum Gasteiger partial charge on any atom is 0.123 e. The van der Waals surface area contributed by atoms with E-state index in [2.05, 4.69) is 12.2 Å². The van der Waals surface area contributed by atoms with Gasteiger partial charge in [-0.2, -0.15) is 0 Å². The largest absolute Gasteiger partial charge is 0.493 e. The van der Waals surface area contributed by atoms with Gasteiger partial charge in [-0.15, -0.1) is 0 Å². The van der Waals surface area contributed by atoms with Crippen molar-refractivity contribution in [3.05, 3.63) is 28.3 Å². The van der Waals surface area contributed by atoms with Crippen LogP contribution in [-0.2, 0) is 12.0 Å². The highest BCUT2D eigenvalue weighted by atomic mass is 35.5. The second-order valence-corrected chi connectivity index (χ2v) is 5.27. The van der Waals surface area contributed by atoms with Crippen molar-refractivity contribution in [3.8, 4) is 5.75 Å². The predicted octanol–water partition coefficient (Wildman–Crippen LogP) is 2.87. The fraction of sp³-hybridized carbons (Fsp3) is 0.538. The lowest BCUT2D eigenvalue weighted by Crippen LogP contribution is -2.34. The van der Waals surface area contributed by atoms with Gasteiger partial charge in [0.15, 0.2) is 0 Å². The molecule has 3 rings (SSSR count). The van der Waals surface area contributed by atoms with Crippen LogP contribution in [0, 0.1) is 0 Å². The van der Waals surface area contributed by atoms with E-state index in [9.17, 15) is 0 Å². The summed E-state index contributed by atoms with van der Waals surface area (Å²) in [5, 5.41) is 4.46. The smallest absolute Gasteiger partial charge is 0.123 e. The van der Waals surface area contributed by atoms with Crippen LogP contribution in [0.3, 0.4) is 0 Å². The van der Waals surface area contributed by atoms with Crippen molar-refractivity contribution in [1.29, 1.82) is 0 Å². The molecular weight excluding hydrogens is 222 g/mol. The van der Waals surface area contributed by atoms with Crippen LogP contribution in [-0.4, -0.2) is 13.2 Å². The van der Waals surface area contributed by atoms with Gasteiger partial charge in [0.1, 0.15) is 5.75 Å². The first-order chi connectivity index (χ1) is 7.71. The molecule has 0 spiro atoms. The number of ether oxygens (including phenoxy) is 1. The lowest BCUT2D eigenvalue weighted by molar-refractivity contribution is 0.357. The summed E-state index contributed by atoms with van der Waals surface area (Å²) in [5.41, 5.74) is 2.61. The molecule has 86 valence electrons. The minimum absolute atomic E-state index is 0.0378. The Morgan fingerprint density at radius 2 is 2.31 bits per heavy atom. The second-order valence-electron chi connectivity index (χ2n) is 4.86.